The topological polar surface area (TPSA) is 66.6 Å². The number of nitrogens with zero attached hydrogens (tertiary/aromatic N) is 2. The molecule has 0 saturated heterocycles. The van der Waals surface area contributed by atoms with Crippen molar-refractivity contribution in [3.8, 4) is 0 Å². The summed E-state index contributed by atoms with van der Waals surface area (Å²) in [7, 11) is 1.76. The third-order valence-corrected chi connectivity index (χ3v) is 5.23. The lowest BCUT2D eigenvalue weighted by molar-refractivity contribution is 0.210. The maximum Gasteiger partial charge on any atom is 0.242 e. The molecular formula is C15H28ClN3O2S. The van der Waals surface area contributed by atoms with Crippen LogP contribution in [0.1, 0.15) is 19.4 Å². The zero-order valence-electron chi connectivity index (χ0n) is 14.0. The van der Waals surface area contributed by atoms with E-state index in [2.05, 4.69) is 18.7 Å². The van der Waals surface area contributed by atoms with Crippen LogP contribution in [0.15, 0.2) is 29.2 Å². The fourth-order valence-corrected chi connectivity index (χ4v) is 3.04. The van der Waals surface area contributed by atoms with Crippen LogP contribution in [0.4, 0.5) is 0 Å². The molecule has 0 aromatic heterocycles. The Morgan fingerprint density at radius 3 is 2.00 bits per heavy atom. The van der Waals surface area contributed by atoms with Gasteiger partial charge < -0.3 is 10.6 Å². The van der Waals surface area contributed by atoms with Crippen LogP contribution in [0.3, 0.4) is 0 Å². The van der Waals surface area contributed by atoms with Crippen LogP contribution in [-0.2, 0) is 16.6 Å². The van der Waals surface area contributed by atoms with Crippen molar-refractivity contribution in [2.45, 2.75) is 25.3 Å². The molecule has 1 rings (SSSR count). The highest BCUT2D eigenvalue weighted by atomic mass is 35.5. The molecule has 0 bridgehead atoms. The molecule has 0 unspecified atom stereocenters. The summed E-state index contributed by atoms with van der Waals surface area (Å²) >= 11 is 0. The average molecular weight is 350 g/mol. The van der Waals surface area contributed by atoms with Gasteiger partial charge in [-0.3, -0.25) is 0 Å². The average Bonchev–Trinajstić information content (AvgIpc) is 2.38. The van der Waals surface area contributed by atoms with Crippen LogP contribution in [0, 0.1) is 5.41 Å². The number of hydrogen-bond donors (Lipinski definition) is 1. The normalized spacial score (nSPS) is 12.5. The summed E-state index contributed by atoms with van der Waals surface area (Å²) in [6.07, 6.45) is 0. The van der Waals surface area contributed by atoms with Crippen LogP contribution in [-0.4, -0.2) is 51.9 Å². The summed E-state index contributed by atoms with van der Waals surface area (Å²) in [5.41, 5.74) is 6.90. The minimum absolute atomic E-state index is 0. The molecule has 22 heavy (non-hydrogen) atoms. The number of benzene rings is 1. The SMILES string of the molecule is CN(Cc1ccc(S(=O)(=O)N(C)C)cc1)CC(C)(C)CN.Cl. The first-order chi connectivity index (χ1) is 9.58. The molecular weight excluding hydrogens is 322 g/mol. The molecule has 1 aromatic rings. The molecule has 0 aliphatic rings. The lowest BCUT2D eigenvalue weighted by Gasteiger charge is -2.29. The quantitative estimate of drug-likeness (QED) is 0.814. The third-order valence-electron chi connectivity index (χ3n) is 3.40. The molecule has 0 amide bonds. The summed E-state index contributed by atoms with van der Waals surface area (Å²) in [5, 5.41) is 0. The Balaban J connectivity index is 0.00000441. The number of sulfonamides is 1. The highest BCUT2D eigenvalue weighted by Gasteiger charge is 2.19. The summed E-state index contributed by atoms with van der Waals surface area (Å²) in [6, 6.07) is 7.05. The summed E-state index contributed by atoms with van der Waals surface area (Å²) < 4.78 is 25.2. The first kappa shape index (κ1) is 21.3. The molecule has 0 aliphatic carbocycles. The Hall–Kier alpha value is -0.660. The minimum atomic E-state index is -3.35. The zero-order valence-corrected chi connectivity index (χ0v) is 15.7. The van der Waals surface area contributed by atoms with E-state index >= 15 is 0 Å². The molecule has 1 aromatic carbocycles. The van der Waals surface area contributed by atoms with Gasteiger partial charge in [0.05, 0.1) is 4.90 Å². The molecule has 0 atom stereocenters. The van der Waals surface area contributed by atoms with Gasteiger partial charge in [0.1, 0.15) is 0 Å². The summed E-state index contributed by atoms with van der Waals surface area (Å²) in [5.74, 6) is 0. The first-order valence-corrected chi connectivity index (χ1v) is 8.42. The lowest BCUT2D eigenvalue weighted by atomic mass is 9.93. The van der Waals surface area contributed by atoms with E-state index in [1.807, 2.05) is 19.2 Å². The molecule has 5 nitrogen and oxygen atoms in total. The van der Waals surface area contributed by atoms with Crippen LogP contribution in [0.5, 0.6) is 0 Å². The second-order valence-corrected chi connectivity index (χ2v) is 8.62. The van der Waals surface area contributed by atoms with Crippen molar-refractivity contribution >= 4 is 22.4 Å². The van der Waals surface area contributed by atoms with Gasteiger partial charge in [-0.25, -0.2) is 12.7 Å². The highest BCUT2D eigenvalue weighted by Crippen LogP contribution is 2.17. The molecule has 0 saturated carbocycles. The van der Waals surface area contributed by atoms with Crippen LogP contribution in [0.25, 0.3) is 0 Å². The van der Waals surface area contributed by atoms with Crippen molar-refractivity contribution in [3.05, 3.63) is 29.8 Å². The highest BCUT2D eigenvalue weighted by molar-refractivity contribution is 7.89. The molecule has 0 spiro atoms. The van der Waals surface area contributed by atoms with E-state index in [9.17, 15) is 8.42 Å². The van der Waals surface area contributed by atoms with Gasteiger partial charge in [0.2, 0.25) is 10.0 Å². The van der Waals surface area contributed by atoms with E-state index in [0.29, 0.717) is 11.4 Å². The van der Waals surface area contributed by atoms with Crippen LogP contribution < -0.4 is 5.73 Å². The molecule has 0 aliphatic heterocycles. The van der Waals surface area contributed by atoms with Crippen molar-refractivity contribution in [3.63, 3.8) is 0 Å². The van der Waals surface area contributed by atoms with Crippen molar-refractivity contribution in [2.75, 3.05) is 34.2 Å². The van der Waals surface area contributed by atoms with Crippen LogP contribution >= 0.6 is 12.4 Å². The van der Waals surface area contributed by atoms with Gasteiger partial charge in [0.25, 0.3) is 0 Å². The Kier molecular flexibility index (Phi) is 8.02. The Morgan fingerprint density at radius 2 is 1.59 bits per heavy atom. The second-order valence-electron chi connectivity index (χ2n) is 6.47. The van der Waals surface area contributed by atoms with E-state index in [-0.39, 0.29) is 17.8 Å². The number of nitrogens with two attached hydrogens (primary N) is 1. The fourth-order valence-electron chi connectivity index (χ4n) is 2.14. The zero-order chi connectivity index (χ0) is 16.3. The van der Waals surface area contributed by atoms with Gasteiger partial charge in [0, 0.05) is 27.2 Å². The number of rotatable bonds is 7. The molecule has 0 heterocycles. The Morgan fingerprint density at radius 1 is 1.09 bits per heavy atom. The van der Waals surface area contributed by atoms with Gasteiger partial charge in [-0.2, -0.15) is 0 Å². The lowest BCUT2D eigenvalue weighted by Crippen LogP contribution is -2.36. The second kappa shape index (κ2) is 8.26. The van der Waals surface area contributed by atoms with E-state index < -0.39 is 10.0 Å². The largest absolute Gasteiger partial charge is 0.330 e. The predicted octanol–water partition coefficient (Wildman–Crippen LogP) is 1.78. The van der Waals surface area contributed by atoms with Crippen molar-refractivity contribution in [1.82, 2.24) is 9.21 Å². The van der Waals surface area contributed by atoms with Gasteiger partial charge >= 0.3 is 0 Å². The van der Waals surface area contributed by atoms with E-state index in [1.54, 1.807) is 12.1 Å². The molecule has 0 fully saturated rings. The molecule has 0 radical (unpaired) electrons. The van der Waals surface area contributed by atoms with Crippen molar-refractivity contribution in [1.29, 1.82) is 0 Å². The van der Waals surface area contributed by atoms with Crippen molar-refractivity contribution in [2.24, 2.45) is 11.1 Å². The van der Waals surface area contributed by atoms with Gasteiger partial charge in [-0.15, -0.1) is 12.4 Å². The van der Waals surface area contributed by atoms with Crippen molar-refractivity contribution < 1.29 is 8.42 Å². The van der Waals surface area contributed by atoms with Crippen LogP contribution in [0.2, 0.25) is 0 Å². The minimum Gasteiger partial charge on any atom is -0.330 e. The monoisotopic (exact) mass is 349 g/mol. The van der Waals surface area contributed by atoms with E-state index in [4.69, 9.17) is 5.73 Å². The molecule has 7 heteroatoms. The third kappa shape index (κ3) is 5.85. The maximum absolute atomic E-state index is 12.0. The predicted molar refractivity (Wildman–Crippen MR) is 93.7 cm³/mol. The Labute approximate surface area is 140 Å². The molecule has 2 N–H and O–H groups in total. The van der Waals surface area contributed by atoms with E-state index in [0.717, 1.165) is 18.7 Å². The summed E-state index contributed by atoms with van der Waals surface area (Å²) in [6.45, 7) is 6.57. The molecule has 128 valence electrons. The smallest absolute Gasteiger partial charge is 0.242 e. The fraction of sp³-hybridized carbons (Fsp3) is 0.600. The van der Waals surface area contributed by atoms with Gasteiger partial charge in [0.15, 0.2) is 0 Å². The maximum atomic E-state index is 12.0. The first-order valence-electron chi connectivity index (χ1n) is 6.98. The van der Waals surface area contributed by atoms with Gasteiger partial charge in [-0.1, -0.05) is 26.0 Å². The van der Waals surface area contributed by atoms with Gasteiger partial charge in [-0.05, 0) is 36.7 Å². The number of halogens is 1. The summed E-state index contributed by atoms with van der Waals surface area (Å²) in [4.78, 5) is 2.52. The Bertz CT molecular complexity index is 557. The number of hydrogen-bond acceptors (Lipinski definition) is 4. The van der Waals surface area contributed by atoms with E-state index in [1.165, 1.54) is 18.4 Å². The standard InChI is InChI=1S/C15H27N3O2S.ClH/c1-15(2,11-16)12-18(5)10-13-6-8-14(9-7-13)21(19,20)17(3)4;/h6-9H,10-12,16H2,1-5H3;1H.